The average molecular weight is 356 g/mol. The van der Waals surface area contributed by atoms with Gasteiger partial charge in [0.2, 0.25) is 0 Å². The summed E-state index contributed by atoms with van der Waals surface area (Å²) < 4.78 is 15.0. The maximum Gasteiger partial charge on any atom is 0.129 e. The van der Waals surface area contributed by atoms with Gasteiger partial charge in [0.1, 0.15) is 5.82 Å². The van der Waals surface area contributed by atoms with E-state index in [0.29, 0.717) is 11.1 Å². The summed E-state index contributed by atoms with van der Waals surface area (Å²) in [5.41, 5.74) is 3.77. The maximum atomic E-state index is 13.8. The van der Waals surface area contributed by atoms with E-state index in [-0.39, 0.29) is 11.9 Å². The van der Waals surface area contributed by atoms with Crippen molar-refractivity contribution in [2.24, 2.45) is 0 Å². The normalized spacial score (nSPS) is 12.7. The predicted molar refractivity (Wildman–Crippen MR) is 88.1 cm³/mol. The molecule has 0 spiro atoms. The van der Waals surface area contributed by atoms with Crippen molar-refractivity contribution in [3.8, 4) is 0 Å². The highest BCUT2D eigenvalue weighted by atomic mass is 79.9. The Balaban J connectivity index is 2.48. The third-order valence-electron chi connectivity index (χ3n) is 3.36. The van der Waals surface area contributed by atoms with E-state index in [9.17, 15) is 4.39 Å². The molecule has 1 heterocycles. The van der Waals surface area contributed by atoms with E-state index in [2.05, 4.69) is 41.2 Å². The van der Waals surface area contributed by atoms with Gasteiger partial charge in [-0.1, -0.05) is 19.1 Å². The summed E-state index contributed by atoms with van der Waals surface area (Å²) in [6, 6.07) is 6.20. The lowest BCUT2D eigenvalue weighted by Crippen LogP contribution is -2.21. The van der Waals surface area contributed by atoms with Crippen LogP contribution < -0.4 is 5.32 Å². The number of aryl methyl sites for hydroxylation is 3. The van der Waals surface area contributed by atoms with Crippen LogP contribution in [-0.4, -0.2) is 6.54 Å². The number of nitrogens with one attached hydrogen (secondary N) is 1. The molecule has 0 saturated carbocycles. The molecule has 2 rings (SSSR count). The second-order valence-corrected chi connectivity index (χ2v) is 7.47. The van der Waals surface area contributed by atoms with Crippen molar-refractivity contribution in [2.45, 2.75) is 33.7 Å². The van der Waals surface area contributed by atoms with Crippen molar-refractivity contribution < 1.29 is 4.39 Å². The zero-order chi connectivity index (χ0) is 14.9. The summed E-state index contributed by atoms with van der Waals surface area (Å²) in [4.78, 5) is 1.25. The van der Waals surface area contributed by atoms with Crippen molar-refractivity contribution in [3.63, 3.8) is 0 Å². The van der Waals surface area contributed by atoms with Gasteiger partial charge in [-0.05, 0) is 71.6 Å². The Morgan fingerprint density at radius 2 is 1.75 bits per heavy atom. The van der Waals surface area contributed by atoms with Crippen molar-refractivity contribution in [1.82, 2.24) is 5.32 Å². The van der Waals surface area contributed by atoms with Crippen molar-refractivity contribution >= 4 is 27.3 Å². The topological polar surface area (TPSA) is 12.0 Å². The molecule has 0 fully saturated rings. The van der Waals surface area contributed by atoms with Gasteiger partial charge in [-0.3, -0.25) is 0 Å². The SMILES string of the molecule is CCNC(c1cc(C)c(F)c(C)c1)c1cc(C)c(Br)s1. The minimum absolute atomic E-state index is 0.104. The molecule has 2 aromatic rings. The van der Waals surface area contributed by atoms with E-state index in [4.69, 9.17) is 0 Å². The van der Waals surface area contributed by atoms with Crippen LogP contribution in [0.4, 0.5) is 4.39 Å². The zero-order valence-corrected chi connectivity index (χ0v) is 14.6. The number of hydrogen-bond acceptors (Lipinski definition) is 2. The number of benzene rings is 1. The largest absolute Gasteiger partial charge is 0.306 e. The van der Waals surface area contributed by atoms with E-state index in [1.165, 1.54) is 10.4 Å². The van der Waals surface area contributed by atoms with Gasteiger partial charge in [0.05, 0.1) is 9.83 Å². The Morgan fingerprint density at radius 1 is 1.15 bits per heavy atom. The van der Waals surface area contributed by atoms with E-state index in [1.807, 2.05) is 26.0 Å². The molecule has 108 valence electrons. The van der Waals surface area contributed by atoms with Gasteiger partial charge in [-0.15, -0.1) is 11.3 Å². The van der Waals surface area contributed by atoms with Crippen LogP contribution in [0.2, 0.25) is 0 Å². The number of rotatable bonds is 4. The molecule has 0 aliphatic heterocycles. The van der Waals surface area contributed by atoms with Gasteiger partial charge in [0, 0.05) is 4.88 Å². The van der Waals surface area contributed by atoms with E-state index in [1.54, 1.807) is 11.3 Å². The molecular formula is C16H19BrFNS. The van der Waals surface area contributed by atoms with Crippen LogP contribution in [0.25, 0.3) is 0 Å². The fourth-order valence-electron chi connectivity index (χ4n) is 2.36. The Kier molecular flexibility index (Phi) is 4.99. The summed E-state index contributed by atoms with van der Waals surface area (Å²) in [6.45, 7) is 8.70. The minimum Gasteiger partial charge on any atom is -0.306 e. The Hall–Kier alpha value is -0.710. The smallest absolute Gasteiger partial charge is 0.129 e. The predicted octanol–water partition coefficient (Wildman–Crippen LogP) is 5.27. The molecule has 0 saturated heterocycles. The molecule has 1 aromatic heterocycles. The quantitative estimate of drug-likeness (QED) is 0.787. The highest BCUT2D eigenvalue weighted by molar-refractivity contribution is 9.11. The second-order valence-electron chi connectivity index (χ2n) is 5.06. The molecule has 1 N–H and O–H groups in total. The van der Waals surface area contributed by atoms with Gasteiger partial charge in [-0.25, -0.2) is 4.39 Å². The highest BCUT2D eigenvalue weighted by Crippen LogP contribution is 2.35. The monoisotopic (exact) mass is 355 g/mol. The Morgan fingerprint density at radius 3 is 2.20 bits per heavy atom. The molecule has 1 atom stereocenters. The van der Waals surface area contributed by atoms with E-state index < -0.39 is 0 Å². The minimum atomic E-state index is -0.104. The van der Waals surface area contributed by atoms with Crippen LogP contribution in [0.3, 0.4) is 0 Å². The molecule has 20 heavy (non-hydrogen) atoms. The summed E-state index contributed by atoms with van der Waals surface area (Å²) >= 11 is 5.31. The standard InChI is InChI=1S/C16H19BrFNS/c1-5-19-15(13-8-11(4)16(17)20-13)12-6-9(2)14(18)10(3)7-12/h6-8,15,19H,5H2,1-4H3. The second kappa shape index (κ2) is 6.37. The van der Waals surface area contributed by atoms with Crippen molar-refractivity contribution in [3.05, 3.63) is 54.9 Å². The zero-order valence-electron chi connectivity index (χ0n) is 12.2. The maximum absolute atomic E-state index is 13.8. The van der Waals surface area contributed by atoms with E-state index in [0.717, 1.165) is 15.9 Å². The first kappa shape index (κ1) is 15.7. The lowest BCUT2D eigenvalue weighted by Gasteiger charge is -2.18. The number of hydrogen-bond donors (Lipinski definition) is 1. The van der Waals surface area contributed by atoms with Crippen molar-refractivity contribution in [1.29, 1.82) is 0 Å². The number of thiophene rings is 1. The average Bonchev–Trinajstić information content (AvgIpc) is 2.72. The molecule has 0 bridgehead atoms. The third-order valence-corrected chi connectivity index (χ3v) is 5.56. The number of halogens is 2. The van der Waals surface area contributed by atoms with Crippen molar-refractivity contribution in [2.75, 3.05) is 6.54 Å². The molecule has 0 amide bonds. The van der Waals surface area contributed by atoms with E-state index >= 15 is 0 Å². The molecule has 1 nitrogen and oxygen atoms in total. The Bertz CT molecular complexity index is 578. The van der Waals surface area contributed by atoms with Crippen LogP contribution in [0, 0.1) is 26.6 Å². The molecule has 0 aliphatic carbocycles. The molecule has 0 radical (unpaired) electrons. The van der Waals surface area contributed by atoms with Gasteiger partial charge in [-0.2, -0.15) is 0 Å². The van der Waals surface area contributed by atoms with Gasteiger partial charge in [0.25, 0.3) is 0 Å². The first-order valence-electron chi connectivity index (χ1n) is 6.69. The third kappa shape index (κ3) is 3.13. The van der Waals surface area contributed by atoms with Crippen LogP contribution in [0.1, 0.15) is 40.1 Å². The molecule has 4 heteroatoms. The van der Waals surface area contributed by atoms with Crippen LogP contribution in [-0.2, 0) is 0 Å². The van der Waals surface area contributed by atoms with Gasteiger partial charge >= 0.3 is 0 Å². The summed E-state index contributed by atoms with van der Waals surface area (Å²) in [5, 5.41) is 3.50. The van der Waals surface area contributed by atoms with Gasteiger partial charge in [0.15, 0.2) is 0 Å². The molecule has 1 unspecified atom stereocenters. The van der Waals surface area contributed by atoms with Crippen LogP contribution >= 0.6 is 27.3 Å². The van der Waals surface area contributed by atoms with Crippen LogP contribution in [0.5, 0.6) is 0 Å². The fourth-order valence-corrected chi connectivity index (χ4v) is 4.03. The fraction of sp³-hybridized carbons (Fsp3) is 0.375. The van der Waals surface area contributed by atoms with Gasteiger partial charge < -0.3 is 5.32 Å². The highest BCUT2D eigenvalue weighted by Gasteiger charge is 2.18. The summed E-state index contributed by atoms with van der Waals surface area (Å²) in [6.07, 6.45) is 0. The van der Waals surface area contributed by atoms with Crippen LogP contribution in [0.15, 0.2) is 22.0 Å². The lowest BCUT2D eigenvalue weighted by molar-refractivity contribution is 0.600. The molecule has 0 aliphatic rings. The molecule has 1 aromatic carbocycles. The lowest BCUT2D eigenvalue weighted by atomic mass is 9.99. The summed E-state index contributed by atoms with van der Waals surface area (Å²) in [7, 11) is 0. The molecular weight excluding hydrogens is 337 g/mol. The first-order valence-corrected chi connectivity index (χ1v) is 8.30. The summed E-state index contributed by atoms with van der Waals surface area (Å²) in [5.74, 6) is -0.104. The Labute approximate surface area is 132 Å². The first-order chi connectivity index (χ1) is 9.43.